The zero-order valence-electron chi connectivity index (χ0n) is 12.8. The molecule has 114 valence electrons. The van der Waals surface area contributed by atoms with Crippen molar-refractivity contribution < 1.29 is 9.53 Å². The molecule has 2 aliphatic heterocycles. The third-order valence-corrected chi connectivity index (χ3v) is 5.45. The van der Waals surface area contributed by atoms with Crippen LogP contribution < -0.4 is 4.74 Å². The molecule has 0 bridgehead atoms. The Hall–Kier alpha value is -1.20. The molecule has 1 amide bonds. The lowest BCUT2D eigenvalue weighted by Gasteiger charge is -2.28. The van der Waals surface area contributed by atoms with Gasteiger partial charge in [-0.05, 0) is 32.1 Å². The first-order valence-electron chi connectivity index (χ1n) is 7.40. The number of ether oxygens (including phenoxy) is 1. The summed E-state index contributed by atoms with van der Waals surface area (Å²) >= 11 is 1.71. The van der Waals surface area contributed by atoms with Crippen molar-refractivity contribution in [2.45, 2.75) is 24.0 Å². The van der Waals surface area contributed by atoms with Crippen LogP contribution in [0.1, 0.15) is 6.92 Å². The Kier molecular flexibility index (Phi) is 4.13. The largest absolute Gasteiger partial charge is 0.479 e. The summed E-state index contributed by atoms with van der Waals surface area (Å²) in [6, 6.07) is 8.38. The highest BCUT2D eigenvalue weighted by atomic mass is 32.2. The Bertz CT molecular complexity index is 535. The molecule has 21 heavy (non-hydrogen) atoms. The highest BCUT2D eigenvalue weighted by molar-refractivity contribution is 7.99. The van der Waals surface area contributed by atoms with Crippen LogP contribution in [0.2, 0.25) is 0 Å². The van der Waals surface area contributed by atoms with E-state index in [4.69, 9.17) is 4.74 Å². The molecule has 0 aliphatic carbocycles. The van der Waals surface area contributed by atoms with E-state index in [1.54, 1.807) is 11.8 Å². The summed E-state index contributed by atoms with van der Waals surface area (Å²) in [5, 5.41) is 0. The summed E-state index contributed by atoms with van der Waals surface area (Å²) < 4.78 is 5.91. The number of thioether (sulfide) groups is 1. The van der Waals surface area contributed by atoms with Crippen molar-refractivity contribution in [3.63, 3.8) is 0 Å². The van der Waals surface area contributed by atoms with Crippen molar-refractivity contribution in [3.05, 3.63) is 24.3 Å². The second-order valence-electron chi connectivity index (χ2n) is 6.12. The van der Waals surface area contributed by atoms with Gasteiger partial charge in [-0.25, -0.2) is 0 Å². The Balaban J connectivity index is 1.68. The molecular weight excluding hydrogens is 284 g/mol. The standard InChI is InChI=1S/C16H22N2O2S/c1-11-8-18(9-12(11)17(2)3)16(19)14-10-21-15-7-5-4-6-13(15)20-14/h4-7,11-12,14H,8-10H2,1-3H3/t11-,12-,14+/m1/s1. The molecule has 1 saturated heterocycles. The summed E-state index contributed by atoms with van der Waals surface area (Å²) in [5.41, 5.74) is 0. The van der Waals surface area contributed by atoms with Gasteiger partial charge in [0, 0.05) is 29.8 Å². The minimum atomic E-state index is -0.349. The van der Waals surface area contributed by atoms with Gasteiger partial charge in [-0.1, -0.05) is 19.1 Å². The number of carbonyl (C=O) groups is 1. The zero-order chi connectivity index (χ0) is 15.0. The lowest BCUT2D eigenvalue weighted by atomic mass is 10.1. The van der Waals surface area contributed by atoms with Crippen LogP contribution in [-0.2, 0) is 4.79 Å². The van der Waals surface area contributed by atoms with Crippen molar-refractivity contribution in [2.75, 3.05) is 32.9 Å². The number of carbonyl (C=O) groups excluding carboxylic acids is 1. The van der Waals surface area contributed by atoms with E-state index in [1.807, 2.05) is 29.2 Å². The maximum atomic E-state index is 12.7. The Morgan fingerprint density at radius 1 is 1.33 bits per heavy atom. The molecule has 1 aromatic carbocycles. The number of hydrogen-bond acceptors (Lipinski definition) is 4. The fourth-order valence-corrected chi connectivity index (χ4v) is 4.12. The van der Waals surface area contributed by atoms with Gasteiger partial charge in [0.05, 0.1) is 0 Å². The van der Waals surface area contributed by atoms with E-state index in [1.165, 1.54) is 0 Å². The molecule has 2 heterocycles. The molecular formula is C16H22N2O2S. The number of para-hydroxylation sites is 1. The lowest BCUT2D eigenvalue weighted by molar-refractivity contribution is -0.137. The predicted octanol–water partition coefficient (Wildman–Crippen LogP) is 1.95. The maximum absolute atomic E-state index is 12.7. The third-order valence-electron chi connectivity index (χ3n) is 4.33. The van der Waals surface area contributed by atoms with Crippen molar-refractivity contribution >= 4 is 17.7 Å². The van der Waals surface area contributed by atoms with Crippen LogP contribution in [0.15, 0.2) is 29.2 Å². The van der Waals surface area contributed by atoms with E-state index in [0.717, 1.165) is 23.7 Å². The molecule has 5 heteroatoms. The number of rotatable bonds is 2. The van der Waals surface area contributed by atoms with Crippen molar-refractivity contribution in [1.82, 2.24) is 9.80 Å². The summed E-state index contributed by atoms with van der Waals surface area (Å²) in [6.45, 7) is 3.84. The van der Waals surface area contributed by atoms with Crippen LogP contribution in [0.4, 0.5) is 0 Å². The van der Waals surface area contributed by atoms with Gasteiger partial charge in [-0.3, -0.25) is 4.79 Å². The second-order valence-corrected chi connectivity index (χ2v) is 7.18. The predicted molar refractivity (Wildman–Crippen MR) is 84.8 cm³/mol. The Labute approximate surface area is 130 Å². The van der Waals surface area contributed by atoms with Crippen LogP contribution >= 0.6 is 11.8 Å². The number of benzene rings is 1. The number of hydrogen-bond donors (Lipinski definition) is 0. The van der Waals surface area contributed by atoms with Gasteiger partial charge in [0.25, 0.3) is 5.91 Å². The van der Waals surface area contributed by atoms with E-state index in [-0.39, 0.29) is 12.0 Å². The molecule has 0 spiro atoms. The quantitative estimate of drug-likeness (QED) is 0.836. The first kappa shape index (κ1) is 14.7. The zero-order valence-corrected chi connectivity index (χ0v) is 13.6. The molecule has 0 saturated carbocycles. The van der Waals surface area contributed by atoms with Gasteiger partial charge in [0.1, 0.15) is 5.75 Å². The van der Waals surface area contributed by atoms with Gasteiger partial charge in [0.2, 0.25) is 0 Å². The number of amides is 1. The van der Waals surface area contributed by atoms with Crippen LogP contribution in [0, 0.1) is 5.92 Å². The fraction of sp³-hybridized carbons (Fsp3) is 0.562. The molecule has 0 N–H and O–H groups in total. The number of likely N-dealkylation sites (N-methyl/N-ethyl adjacent to an activating group) is 1. The van der Waals surface area contributed by atoms with E-state index < -0.39 is 0 Å². The van der Waals surface area contributed by atoms with Gasteiger partial charge < -0.3 is 14.5 Å². The average molecular weight is 306 g/mol. The Morgan fingerprint density at radius 2 is 2.10 bits per heavy atom. The van der Waals surface area contributed by atoms with Crippen LogP contribution in [-0.4, -0.2) is 60.8 Å². The normalized spacial score (nSPS) is 28.4. The molecule has 4 nitrogen and oxygen atoms in total. The monoisotopic (exact) mass is 306 g/mol. The van der Waals surface area contributed by atoms with E-state index in [2.05, 4.69) is 25.9 Å². The summed E-state index contributed by atoms with van der Waals surface area (Å²) in [7, 11) is 4.16. The summed E-state index contributed by atoms with van der Waals surface area (Å²) in [5.74, 6) is 2.18. The van der Waals surface area contributed by atoms with Gasteiger partial charge in [-0.2, -0.15) is 0 Å². The number of nitrogens with zero attached hydrogens (tertiary/aromatic N) is 2. The first-order valence-corrected chi connectivity index (χ1v) is 8.38. The van der Waals surface area contributed by atoms with E-state index >= 15 is 0 Å². The molecule has 3 rings (SSSR count). The minimum absolute atomic E-state index is 0.133. The van der Waals surface area contributed by atoms with Gasteiger partial charge in [-0.15, -0.1) is 11.8 Å². The lowest BCUT2D eigenvalue weighted by Crippen LogP contribution is -2.44. The van der Waals surface area contributed by atoms with Crippen molar-refractivity contribution in [3.8, 4) is 5.75 Å². The molecule has 1 fully saturated rings. The fourth-order valence-electron chi connectivity index (χ4n) is 3.15. The SMILES string of the molecule is C[C@@H]1CN(C(=O)[C@@H]2CSc3ccccc3O2)C[C@H]1N(C)C. The minimum Gasteiger partial charge on any atom is -0.479 e. The molecule has 0 aromatic heterocycles. The highest BCUT2D eigenvalue weighted by Gasteiger charge is 2.38. The average Bonchev–Trinajstić information content (AvgIpc) is 2.88. The summed E-state index contributed by atoms with van der Waals surface area (Å²) in [6.07, 6.45) is -0.349. The Morgan fingerprint density at radius 3 is 2.81 bits per heavy atom. The molecule has 1 aromatic rings. The molecule has 0 radical (unpaired) electrons. The van der Waals surface area contributed by atoms with Gasteiger partial charge >= 0.3 is 0 Å². The van der Waals surface area contributed by atoms with Crippen molar-refractivity contribution in [1.29, 1.82) is 0 Å². The van der Waals surface area contributed by atoms with Crippen LogP contribution in [0.5, 0.6) is 5.75 Å². The van der Waals surface area contributed by atoms with E-state index in [0.29, 0.717) is 17.7 Å². The van der Waals surface area contributed by atoms with Gasteiger partial charge in [0.15, 0.2) is 6.10 Å². The number of likely N-dealkylation sites (tertiary alicyclic amines) is 1. The summed E-state index contributed by atoms with van der Waals surface area (Å²) in [4.78, 5) is 18.0. The van der Waals surface area contributed by atoms with E-state index in [9.17, 15) is 4.79 Å². The van der Waals surface area contributed by atoms with Crippen LogP contribution in [0.3, 0.4) is 0 Å². The molecule has 2 aliphatic rings. The number of fused-ring (bicyclic) bond motifs is 1. The molecule has 0 unspecified atom stereocenters. The topological polar surface area (TPSA) is 32.8 Å². The maximum Gasteiger partial charge on any atom is 0.264 e. The van der Waals surface area contributed by atoms with Crippen LogP contribution in [0.25, 0.3) is 0 Å². The highest BCUT2D eigenvalue weighted by Crippen LogP contribution is 2.35. The third kappa shape index (κ3) is 2.90. The molecule has 3 atom stereocenters. The second kappa shape index (κ2) is 5.89. The van der Waals surface area contributed by atoms with Crippen molar-refractivity contribution in [2.24, 2.45) is 5.92 Å². The first-order chi connectivity index (χ1) is 10.1. The smallest absolute Gasteiger partial charge is 0.264 e.